The summed E-state index contributed by atoms with van der Waals surface area (Å²) < 4.78 is 0. The van der Waals surface area contributed by atoms with Crippen LogP contribution in [-0.4, -0.2) is 53.8 Å². The quantitative estimate of drug-likeness (QED) is 0.134. The van der Waals surface area contributed by atoms with E-state index in [9.17, 15) is 14.4 Å². The van der Waals surface area contributed by atoms with Crippen molar-refractivity contribution in [2.24, 2.45) is 0 Å². The number of likely N-dealkylation sites (N-methyl/N-ethyl adjacent to an activating group) is 1. The SMILES string of the molecule is CCN(CC)CCNC(=O)c1c(C)[nH]c(/C=C2\C(=O)Nc3ccc(Nc4cccc(NC(=O)c5ccccc5)c4)cc32)c1C. The largest absolute Gasteiger partial charge is 0.358 e. The molecule has 44 heavy (non-hydrogen) atoms. The molecule has 2 heterocycles. The molecule has 9 heteroatoms. The molecule has 0 aliphatic carbocycles. The van der Waals surface area contributed by atoms with Gasteiger partial charge in [-0.25, -0.2) is 0 Å². The number of rotatable bonds is 11. The van der Waals surface area contributed by atoms with Gasteiger partial charge in [-0.15, -0.1) is 0 Å². The predicted octanol–water partition coefficient (Wildman–Crippen LogP) is 6.19. The van der Waals surface area contributed by atoms with Gasteiger partial charge in [0, 0.05) is 58.4 Å². The number of nitrogens with zero attached hydrogens (tertiary/aromatic N) is 1. The number of aromatic nitrogens is 1. The van der Waals surface area contributed by atoms with Crippen LogP contribution in [0.1, 0.15) is 57.1 Å². The van der Waals surface area contributed by atoms with E-state index in [0.29, 0.717) is 34.6 Å². The maximum atomic E-state index is 13.1. The molecule has 0 bridgehead atoms. The predicted molar refractivity (Wildman–Crippen MR) is 177 cm³/mol. The lowest BCUT2D eigenvalue weighted by atomic mass is 10.0. The molecule has 0 radical (unpaired) electrons. The van der Waals surface area contributed by atoms with Gasteiger partial charge >= 0.3 is 0 Å². The molecule has 5 N–H and O–H groups in total. The van der Waals surface area contributed by atoms with Crippen molar-refractivity contribution >= 4 is 52.1 Å². The van der Waals surface area contributed by atoms with Crippen molar-refractivity contribution in [3.8, 4) is 0 Å². The molecule has 0 unspecified atom stereocenters. The van der Waals surface area contributed by atoms with E-state index in [-0.39, 0.29) is 17.7 Å². The smallest absolute Gasteiger partial charge is 0.256 e. The molecule has 3 aromatic carbocycles. The molecule has 4 aromatic rings. The van der Waals surface area contributed by atoms with E-state index in [0.717, 1.165) is 53.5 Å². The lowest BCUT2D eigenvalue weighted by Crippen LogP contribution is -2.35. The van der Waals surface area contributed by atoms with E-state index in [1.54, 1.807) is 18.2 Å². The minimum absolute atomic E-state index is 0.127. The van der Waals surface area contributed by atoms with Gasteiger partial charge in [-0.1, -0.05) is 38.1 Å². The van der Waals surface area contributed by atoms with Crippen molar-refractivity contribution in [3.05, 3.63) is 106 Å². The fourth-order valence-corrected chi connectivity index (χ4v) is 5.40. The number of nitrogens with one attached hydrogen (secondary N) is 5. The highest BCUT2D eigenvalue weighted by Gasteiger charge is 2.26. The molecule has 5 rings (SSSR count). The molecular formula is C35H38N6O3. The summed E-state index contributed by atoms with van der Waals surface area (Å²) in [5.74, 6) is -0.521. The maximum Gasteiger partial charge on any atom is 0.256 e. The van der Waals surface area contributed by atoms with Crippen LogP contribution in [0.25, 0.3) is 11.6 Å². The molecule has 0 saturated heterocycles. The number of carbonyl (C=O) groups is 3. The second kappa shape index (κ2) is 13.4. The third-order valence-electron chi connectivity index (χ3n) is 7.85. The second-order valence-electron chi connectivity index (χ2n) is 10.7. The van der Waals surface area contributed by atoms with Crippen molar-refractivity contribution in [2.45, 2.75) is 27.7 Å². The van der Waals surface area contributed by atoms with Crippen LogP contribution in [0.15, 0.2) is 72.8 Å². The third-order valence-corrected chi connectivity index (χ3v) is 7.85. The van der Waals surface area contributed by atoms with E-state index in [1.165, 1.54) is 0 Å². The Hall–Kier alpha value is -5.15. The number of anilines is 4. The second-order valence-corrected chi connectivity index (χ2v) is 10.7. The Kier molecular flexibility index (Phi) is 9.26. The summed E-state index contributed by atoms with van der Waals surface area (Å²) >= 11 is 0. The zero-order valence-electron chi connectivity index (χ0n) is 25.5. The maximum absolute atomic E-state index is 13.1. The average Bonchev–Trinajstić information content (AvgIpc) is 3.49. The minimum atomic E-state index is -0.209. The first-order valence-electron chi connectivity index (χ1n) is 14.9. The topological polar surface area (TPSA) is 118 Å². The minimum Gasteiger partial charge on any atom is -0.358 e. The lowest BCUT2D eigenvalue weighted by molar-refractivity contribution is -0.110. The van der Waals surface area contributed by atoms with Gasteiger partial charge in [-0.05, 0) is 87.1 Å². The summed E-state index contributed by atoms with van der Waals surface area (Å²) in [5, 5.41) is 12.3. The van der Waals surface area contributed by atoms with E-state index < -0.39 is 0 Å². The highest BCUT2D eigenvalue weighted by Crippen LogP contribution is 2.36. The van der Waals surface area contributed by atoms with Gasteiger partial charge in [0.15, 0.2) is 0 Å². The number of H-pyrrole nitrogens is 1. The van der Waals surface area contributed by atoms with E-state index >= 15 is 0 Å². The van der Waals surface area contributed by atoms with Crippen molar-refractivity contribution < 1.29 is 14.4 Å². The van der Waals surface area contributed by atoms with Gasteiger partial charge in [-0.3, -0.25) is 14.4 Å². The third kappa shape index (κ3) is 6.74. The van der Waals surface area contributed by atoms with Crippen LogP contribution in [0.2, 0.25) is 0 Å². The van der Waals surface area contributed by atoms with Gasteiger partial charge in [-0.2, -0.15) is 0 Å². The Morgan fingerprint density at radius 3 is 2.34 bits per heavy atom. The first-order chi connectivity index (χ1) is 21.3. The first kappa shape index (κ1) is 30.3. The van der Waals surface area contributed by atoms with Gasteiger partial charge in [0.05, 0.1) is 11.1 Å². The van der Waals surface area contributed by atoms with Gasteiger partial charge in [0.1, 0.15) is 0 Å². The van der Waals surface area contributed by atoms with E-state index in [4.69, 9.17) is 0 Å². The molecule has 0 saturated carbocycles. The Morgan fingerprint density at radius 1 is 0.864 bits per heavy atom. The first-order valence-corrected chi connectivity index (χ1v) is 14.9. The monoisotopic (exact) mass is 590 g/mol. The summed E-state index contributed by atoms with van der Waals surface area (Å²) in [7, 11) is 0. The summed E-state index contributed by atoms with van der Waals surface area (Å²) in [6, 6.07) is 22.2. The lowest BCUT2D eigenvalue weighted by Gasteiger charge is -2.18. The van der Waals surface area contributed by atoms with Crippen LogP contribution >= 0.6 is 0 Å². The number of hydrogen-bond donors (Lipinski definition) is 5. The summed E-state index contributed by atoms with van der Waals surface area (Å²) in [4.78, 5) is 44.2. The molecule has 1 aromatic heterocycles. The molecule has 0 spiro atoms. The number of amides is 3. The van der Waals surface area contributed by atoms with Crippen molar-refractivity contribution in [3.63, 3.8) is 0 Å². The van der Waals surface area contributed by atoms with Gasteiger partial charge < -0.3 is 31.2 Å². The Morgan fingerprint density at radius 2 is 1.59 bits per heavy atom. The molecule has 226 valence electrons. The molecule has 0 atom stereocenters. The van der Waals surface area contributed by atoms with Crippen molar-refractivity contribution in [1.29, 1.82) is 0 Å². The number of carbonyl (C=O) groups excluding carboxylic acids is 3. The summed E-state index contributed by atoms with van der Waals surface area (Å²) in [5.41, 5.74) is 7.64. The number of fused-ring (bicyclic) bond motifs is 1. The van der Waals surface area contributed by atoms with E-state index in [2.05, 4.69) is 45.0 Å². The molecule has 1 aliphatic heterocycles. The van der Waals surface area contributed by atoms with Crippen LogP contribution in [0, 0.1) is 13.8 Å². The summed E-state index contributed by atoms with van der Waals surface area (Å²) in [6.07, 6.45) is 1.81. The van der Waals surface area contributed by atoms with Crippen LogP contribution in [0.4, 0.5) is 22.7 Å². The number of aryl methyl sites for hydroxylation is 1. The highest BCUT2D eigenvalue weighted by atomic mass is 16.2. The van der Waals surface area contributed by atoms with Crippen LogP contribution < -0.4 is 21.3 Å². The number of hydrogen-bond acceptors (Lipinski definition) is 5. The van der Waals surface area contributed by atoms with Crippen LogP contribution in [0.3, 0.4) is 0 Å². The standard InChI is InChI=1S/C35H38N6O3/c1-5-41(6-2)18-17-36-35(44)32-22(3)31(37-23(32)4)21-29-28-20-27(15-16-30(28)40-34(29)43)38-25-13-10-14-26(19-25)39-33(42)24-11-8-7-9-12-24/h7-16,19-21,37-38H,5-6,17-18H2,1-4H3,(H,36,44)(H,39,42)(H,40,43)/b29-21-. The van der Waals surface area contributed by atoms with Crippen molar-refractivity contribution in [1.82, 2.24) is 15.2 Å². The Labute approximate surface area is 257 Å². The highest BCUT2D eigenvalue weighted by molar-refractivity contribution is 6.35. The van der Waals surface area contributed by atoms with Crippen LogP contribution in [-0.2, 0) is 4.79 Å². The molecular weight excluding hydrogens is 552 g/mol. The average molecular weight is 591 g/mol. The Bertz CT molecular complexity index is 1720. The zero-order valence-corrected chi connectivity index (χ0v) is 25.5. The van der Waals surface area contributed by atoms with Gasteiger partial charge in [0.2, 0.25) is 0 Å². The molecule has 1 aliphatic rings. The Balaban J connectivity index is 1.33. The normalized spacial score (nSPS) is 13.1. The van der Waals surface area contributed by atoms with Crippen molar-refractivity contribution in [2.75, 3.05) is 42.1 Å². The molecule has 3 amide bonds. The number of benzene rings is 3. The fraction of sp³-hybridized carbons (Fsp3) is 0.229. The fourth-order valence-electron chi connectivity index (χ4n) is 5.40. The van der Waals surface area contributed by atoms with Gasteiger partial charge in [0.25, 0.3) is 17.7 Å². The molecule has 0 fully saturated rings. The van der Waals surface area contributed by atoms with E-state index in [1.807, 2.05) is 74.5 Å². The summed E-state index contributed by atoms with van der Waals surface area (Å²) in [6.45, 7) is 11.2. The molecule has 9 nitrogen and oxygen atoms in total. The van der Waals surface area contributed by atoms with Crippen LogP contribution in [0.5, 0.6) is 0 Å². The number of aromatic amines is 1. The zero-order chi connectivity index (χ0) is 31.2.